The molecule has 1 aromatic heterocycles. The molecule has 0 bridgehead atoms. The Morgan fingerprint density at radius 2 is 1.72 bits per heavy atom. The Bertz CT molecular complexity index is 2240. The van der Waals surface area contributed by atoms with Gasteiger partial charge in [0.05, 0.1) is 46.8 Å². The molecule has 13 heteroatoms. The highest BCUT2D eigenvalue weighted by atomic mass is 16.6. The fourth-order valence-corrected chi connectivity index (χ4v) is 7.05. The summed E-state index contributed by atoms with van der Waals surface area (Å²) in [6.07, 6.45) is 6.67. The molecule has 0 fully saturated rings. The molecular weight excluding hydrogens is 686 g/mol. The van der Waals surface area contributed by atoms with Crippen LogP contribution in [0.2, 0.25) is 0 Å². The van der Waals surface area contributed by atoms with Crippen LogP contribution in [0.5, 0.6) is 0 Å². The summed E-state index contributed by atoms with van der Waals surface area (Å²) in [5, 5.41) is 48.5. The van der Waals surface area contributed by atoms with Gasteiger partial charge in [-0.3, -0.25) is 24.4 Å². The minimum absolute atomic E-state index is 0.0416. The zero-order chi connectivity index (χ0) is 37.8. The fourth-order valence-electron chi connectivity index (χ4n) is 7.05. The lowest BCUT2D eigenvalue weighted by Gasteiger charge is -2.28. The van der Waals surface area contributed by atoms with Crippen molar-refractivity contribution >= 4 is 34.6 Å². The summed E-state index contributed by atoms with van der Waals surface area (Å²) in [5.41, 5.74) is 2.71. The van der Waals surface area contributed by atoms with Gasteiger partial charge < -0.3 is 15.1 Å². The molecule has 54 heavy (non-hydrogen) atoms. The highest BCUT2D eigenvalue weighted by Crippen LogP contribution is 2.47. The molecule has 3 heterocycles. The van der Waals surface area contributed by atoms with Gasteiger partial charge in [-0.15, -0.1) is 5.10 Å². The van der Waals surface area contributed by atoms with E-state index in [1.165, 1.54) is 28.1 Å². The molecule has 3 atom stereocenters. The average molecular weight is 726 g/mol. The molecule has 0 radical (unpaired) electrons. The molecule has 274 valence electrons. The zero-order valence-corrected chi connectivity index (χ0v) is 29.6. The van der Waals surface area contributed by atoms with Gasteiger partial charge in [-0.05, 0) is 41.3 Å². The second kappa shape index (κ2) is 15.3. The maximum Gasteiger partial charge on any atom is 0.269 e. The number of aliphatic hydroxyl groups excluding tert-OH is 1. The number of anilines is 2. The lowest BCUT2D eigenvalue weighted by atomic mass is 9.82. The Morgan fingerprint density at radius 3 is 2.46 bits per heavy atom. The summed E-state index contributed by atoms with van der Waals surface area (Å²) in [7, 11) is 0. The molecule has 0 saturated carbocycles. The van der Waals surface area contributed by atoms with Crippen LogP contribution in [0, 0.1) is 16.0 Å². The first-order chi connectivity index (χ1) is 26.2. The number of nitro groups is 1. The van der Waals surface area contributed by atoms with Gasteiger partial charge in [-0.25, -0.2) is 5.01 Å². The SMILES string of the molecule is C[C@@H](/C=C/CCn1cc(C(CO)c2ccccc2)nn1)[C@]1(O)C(=O)N(Cc2cccc(N3N=C(c4ccccc4)CCC3=O)c2)c2ccc([N+](=O)[O-])cc21. The van der Waals surface area contributed by atoms with Gasteiger partial charge in [0.1, 0.15) is 0 Å². The Labute approximate surface area is 311 Å². The average Bonchev–Trinajstić information content (AvgIpc) is 3.75. The second-order valence-corrected chi connectivity index (χ2v) is 13.5. The summed E-state index contributed by atoms with van der Waals surface area (Å²) in [5.74, 6) is -1.83. The van der Waals surface area contributed by atoms with Crippen LogP contribution in [0.4, 0.5) is 17.1 Å². The number of aromatic nitrogens is 3. The van der Waals surface area contributed by atoms with Crippen molar-refractivity contribution in [1.82, 2.24) is 15.0 Å². The van der Waals surface area contributed by atoms with Crippen LogP contribution in [-0.4, -0.2) is 54.3 Å². The maximum absolute atomic E-state index is 14.3. The van der Waals surface area contributed by atoms with Crippen molar-refractivity contribution in [2.24, 2.45) is 11.0 Å². The topological polar surface area (TPSA) is 167 Å². The van der Waals surface area contributed by atoms with Crippen LogP contribution < -0.4 is 9.91 Å². The van der Waals surface area contributed by atoms with Crippen molar-refractivity contribution in [3.8, 4) is 0 Å². The van der Waals surface area contributed by atoms with Gasteiger partial charge in [0, 0.05) is 49.2 Å². The van der Waals surface area contributed by atoms with Crippen LogP contribution in [0.1, 0.15) is 60.1 Å². The van der Waals surface area contributed by atoms with E-state index in [-0.39, 0.29) is 36.2 Å². The number of amides is 2. The van der Waals surface area contributed by atoms with Gasteiger partial charge in [0.25, 0.3) is 11.6 Å². The van der Waals surface area contributed by atoms with Gasteiger partial charge in [0.2, 0.25) is 5.91 Å². The summed E-state index contributed by atoms with van der Waals surface area (Å²) in [4.78, 5) is 39.9. The number of nitrogens with zero attached hydrogens (tertiary/aromatic N) is 7. The third-order valence-corrected chi connectivity index (χ3v) is 10.0. The van der Waals surface area contributed by atoms with Crippen molar-refractivity contribution in [2.45, 2.75) is 50.8 Å². The van der Waals surface area contributed by atoms with E-state index in [9.17, 15) is 29.9 Å². The lowest BCUT2D eigenvalue weighted by molar-refractivity contribution is -0.385. The number of hydrogen-bond donors (Lipinski definition) is 2. The molecule has 13 nitrogen and oxygen atoms in total. The summed E-state index contributed by atoms with van der Waals surface area (Å²) in [6, 6.07) is 30.5. The Morgan fingerprint density at radius 1 is 0.963 bits per heavy atom. The summed E-state index contributed by atoms with van der Waals surface area (Å²) >= 11 is 0. The van der Waals surface area contributed by atoms with E-state index in [1.807, 2.05) is 72.8 Å². The molecule has 2 aliphatic heterocycles. The van der Waals surface area contributed by atoms with E-state index in [1.54, 1.807) is 42.1 Å². The summed E-state index contributed by atoms with van der Waals surface area (Å²) in [6.45, 7) is 2.08. The minimum Gasteiger partial charge on any atom is -0.395 e. The van der Waals surface area contributed by atoms with E-state index in [0.717, 1.165) is 16.8 Å². The van der Waals surface area contributed by atoms with Gasteiger partial charge in [-0.1, -0.05) is 97.1 Å². The standard InChI is InChI=1S/C41H39N7O6/c1-28(11-8-9-22-45-26-37(42-44-45)34(27-49)30-13-4-2-5-14-30)41(52)35-24-33(48(53)54)18-20-38(35)46(40(41)51)25-29-12-10-17-32(23-29)47-39(50)21-19-36(43-47)31-15-6-3-7-16-31/h2-8,10-18,20,23-24,26,28,34,49,52H,9,19,21-22,25,27H2,1H3/b11-8+/t28-,34?,41+/m0/s1. The molecule has 7 rings (SSSR count). The van der Waals surface area contributed by atoms with E-state index in [4.69, 9.17) is 0 Å². The van der Waals surface area contributed by atoms with Crippen LogP contribution >= 0.6 is 0 Å². The first-order valence-electron chi connectivity index (χ1n) is 17.8. The predicted octanol–water partition coefficient (Wildman–Crippen LogP) is 5.86. The van der Waals surface area contributed by atoms with E-state index in [0.29, 0.717) is 48.4 Å². The minimum atomic E-state index is -2.09. The Kier molecular flexibility index (Phi) is 10.3. The largest absolute Gasteiger partial charge is 0.395 e. The number of carbonyl (C=O) groups is 2. The number of aliphatic hydroxyl groups is 2. The zero-order valence-electron chi connectivity index (χ0n) is 29.6. The highest BCUT2D eigenvalue weighted by Gasteiger charge is 2.53. The first kappa shape index (κ1) is 36.1. The van der Waals surface area contributed by atoms with Crippen LogP contribution in [0.15, 0.2) is 127 Å². The molecule has 2 N–H and O–H groups in total. The van der Waals surface area contributed by atoms with Crippen molar-refractivity contribution < 1.29 is 24.7 Å². The van der Waals surface area contributed by atoms with Gasteiger partial charge in [0.15, 0.2) is 5.60 Å². The van der Waals surface area contributed by atoms with Crippen molar-refractivity contribution in [3.05, 3.63) is 160 Å². The van der Waals surface area contributed by atoms with Crippen molar-refractivity contribution in [2.75, 3.05) is 16.5 Å². The number of allylic oxidation sites excluding steroid dienone is 1. The number of non-ortho nitro benzene ring substituents is 1. The normalized spacial score (nSPS) is 18.2. The number of hydrogen-bond acceptors (Lipinski definition) is 9. The number of hydrazone groups is 1. The second-order valence-electron chi connectivity index (χ2n) is 13.5. The number of fused-ring (bicyclic) bond motifs is 1. The van der Waals surface area contributed by atoms with Crippen LogP contribution in [0.25, 0.3) is 0 Å². The molecule has 5 aromatic rings. The monoisotopic (exact) mass is 725 g/mol. The number of rotatable bonds is 13. The third kappa shape index (κ3) is 7.06. The number of nitro benzene ring substituents is 1. The molecule has 0 saturated heterocycles. The van der Waals surface area contributed by atoms with Gasteiger partial charge >= 0.3 is 0 Å². The highest BCUT2D eigenvalue weighted by molar-refractivity contribution is 6.09. The number of aryl methyl sites for hydroxylation is 1. The number of benzene rings is 4. The van der Waals surface area contributed by atoms with Gasteiger partial charge in [-0.2, -0.15) is 5.10 Å². The molecule has 0 spiro atoms. The lowest BCUT2D eigenvalue weighted by Crippen LogP contribution is -2.44. The molecule has 2 amide bonds. The van der Waals surface area contributed by atoms with E-state index in [2.05, 4.69) is 15.4 Å². The van der Waals surface area contributed by atoms with Crippen LogP contribution in [0.3, 0.4) is 0 Å². The molecular formula is C41H39N7O6. The van der Waals surface area contributed by atoms with Crippen molar-refractivity contribution in [1.29, 1.82) is 0 Å². The third-order valence-electron chi connectivity index (χ3n) is 10.0. The molecule has 0 aliphatic carbocycles. The van der Waals surface area contributed by atoms with E-state index >= 15 is 0 Å². The fraction of sp³-hybridized carbons (Fsp3) is 0.244. The van der Waals surface area contributed by atoms with E-state index < -0.39 is 22.3 Å². The van der Waals surface area contributed by atoms with Crippen molar-refractivity contribution in [3.63, 3.8) is 0 Å². The maximum atomic E-state index is 14.3. The summed E-state index contributed by atoms with van der Waals surface area (Å²) < 4.78 is 1.67. The number of carbonyl (C=O) groups excluding carboxylic acids is 2. The molecule has 4 aromatic carbocycles. The predicted molar refractivity (Wildman–Crippen MR) is 203 cm³/mol. The van der Waals surface area contributed by atoms with Crippen LogP contribution in [-0.2, 0) is 28.3 Å². The first-order valence-corrected chi connectivity index (χ1v) is 17.8. The molecule has 1 unspecified atom stereocenters. The molecule has 2 aliphatic rings. The Hall–Kier alpha value is -6.31. The smallest absolute Gasteiger partial charge is 0.269 e. The quantitative estimate of drug-likeness (QED) is 0.0865. The Balaban J connectivity index is 1.09.